The second-order valence-electron chi connectivity index (χ2n) is 5.81. The third-order valence-corrected chi connectivity index (χ3v) is 3.54. The highest BCUT2D eigenvalue weighted by atomic mass is 16.5. The molecule has 0 aliphatic rings. The van der Waals surface area contributed by atoms with Gasteiger partial charge in [0.15, 0.2) is 0 Å². The predicted octanol–water partition coefficient (Wildman–Crippen LogP) is 2.72. The van der Waals surface area contributed by atoms with Gasteiger partial charge in [-0.1, -0.05) is 18.2 Å². The number of methoxy groups -OCH3 is 1. The molecular weight excluding hydrogens is 254 g/mol. The van der Waals surface area contributed by atoms with Crippen molar-refractivity contribution in [3.05, 3.63) is 29.8 Å². The van der Waals surface area contributed by atoms with E-state index in [9.17, 15) is 4.79 Å². The highest BCUT2D eigenvalue weighted by molar-refractivity contribution is 5.73. The molecule has 0 heterocycles. The third kappa shape index (κ3) is 4.85. The van der Waals surface area contributed by atoms with Gasteiger partial charge in [0.25, 0.3) is 0 Å². The lowest BCUT2D eigenvalue weighted by atomic mass is 9.89. The van der Waals surface area contributed by atoms with Crippen LogP contribution < -0.4 is 10.1 Å². The summed E-state index contributed by atoms with van der Waals surface area (Å²) in [6, 6.07) is 8.23. The van der Waals surface area contributed by atoms with Crippen LogP contribution in [0.25, 0.3) is 0 Å². The molecule has 1 aromatic carbocycles. The molecule has 4 nitrogen and oxygen atoms in total. The molecule has 2 N–H and O–H groups in total. The molecule has 1 atom stereocenters. The number of carboxylic acids is 1. The zero-order chi connectivity index (χ0) is 15.2. The molecule has 112 valence electrons. The first kappa shape index (κ1) is 16.5. The van der Waals surface area contributed by atoms with Crippen LogP contribution in [0.5, 0.6) is 5.75 Å². The number of benzene rings is 1. The summed E-state index contributed by atoms with van der Waals surface area (Å²) in [6.07, 6.45) is 1.47. The van der Waals surface area contributed by atoms with E-state index in [-0.39, 0.29) is 6.04 Å². The lowest BCUT2D eigenvalue weighted by Gasteiger charge is -2.21. The monoisotopic (exact) mass is 279 g/mol. The fraction of sp³-hybridized carbons (Fsp3) is 0.562. The van der Waals surface area contributed by atoms with Gasteiger partial charge in [-0.25, -0.2) is 0 Å². The van der Waals surface area contributed by atoms with E-state index >= 15 is 0 Å². The van der Waals surface area contributed by atoms with Gasteiger partial charge in [0.2, 0.25) is 0 Å². The Hall–Kier alpha value is -1.55. The van der Waals surface area contributed by atoms with Crippen LogP contribution >= 0.6 is 0 Å². The van der Waals surface area contributed by atoms with Crippen LogP contribution in [-0.2, 0) is 11.2 Å². The van der Waals surface area contributed by atoms with Crippen molar-refractivity contribution >= 4 is 5.97 Å². The summed E-state index contributed by atoms with van der Waals surface area (Å²) in [5.41, 5.74) is 0.476. The largest absolute Gasteiger partial charge is 0.496 e. The number of nitrogens with one attached hydrogen (secondary N) is 1. The lowest BCUT2D eigenvalue weighted by Crippen LogP contribution is -2.34. The van der Waals surface area contributed by atoms with Gasteiger partial charge in [-0.05, 0) is 51.8 Å². The van der Waals surface area contributed by atoms with Crippen LogP contribution in [-0.4, -0.2) is 30.8 Å². The Morgan fingerprint density at radius 1 is 1.40 bits per heavy atom. The van der Waals surface area contributed by atoms with Gasteiger partial charge in [-0.3, -0.25) is 4.79 Å². The van der Waals surface area contributed by atoms with Crippen LogP contribution in [0.4, 0.5) is 0 Å². The van der Waals surface area contributed by atoms with Crippen molar-refractivity contribution in [2.75, 3.05) is 13.7 Å². The molecule has 0 fully saturated rings. The average molecular weight is 279 g/mol. The molecule has 0 spiro atoms. The van der Waals surface area contributed by atoms with Gasteiger partial charge < -0.3 is 15.2 Å². The van der Waals surface area contributed by atoms with Crippen molar-refractivity contribution in [3.63, 3.8) is 0 Å². The van der Waals surface area contributed by atoms with E-state index in [4.69, 9.17) is 9.84 Å². The Bertz CT molecular complexity index is 443. The SMILES string of the molecule is COc1ccccc1CC(C)NCCC(C)(C)C(=O)O. The minimum Gasteiger partial charge on any atom is -0.496 e. The molecule has 4 heteroatoms. The molecule has 0 saturated heterocycles. The van der Waals surface area contributed by atoms with Crippen molar-refractivity contribution in [2.24, 2.45) is 5.41 Å². The number of hydrogen-bond acceptors (Lipinski definition) is 3. The van der Waals surface area contributed by atoms with E-state index in [1.807, 2.05) is 18.2 Å². The molecule has 1 rings (SSSR count). The number of hydrogen-bond donors (Lipinski definition) is 2. The zero-order valence-electron chi connectivity index (χ0n) is 12.8. The van der Waals surface area contributed by atoms with Crippen LogP contribution in [0.1, 0.15) is 32.8 Å². The van der Waals surface area contributed by atoms with E-state index in [0.717, 1.165) is 17.7 Å². The van der Waals surface area contributed by atoms with Crippen molar-refractivity contribution in [1.29, 1.82) is 0 Å². The predicted molar refractivity (Wildman–Crippen MR) is 80.2 cm³/mol. The number of carbonyl (C=O) groups is 1. The van der Waals surface area contributed by atoms with Gasteiger partial charge in [-0.2, -0.15) is 0 Å². The van der Waals surface area contributed by atoms with Gasteiger partial charge in [0, 0.05) is 6.04 Å². The van der Waals surface area contributed by atoms with Crippen LogP contribution in [0.2, 0.25) is 0 Å². The second-order valence-corrected chi connectivity index (χ2v) is 5.81. The van der Waals surface area contributed by atoms with Crippen LogP contribution in [0.3, 0.4) is 0 Å². The van der Waals surface area contributed by atoms with E-state index in [1.54, 1.807) is 21.0 Å². The first-order valence-electron chi connectivity index (χ1n) is 6.95. The molecule has 0 amide bonds. The van der Waals surface area contributed by atoms with Gasteiger partial charge in [0.1, 0.15) is 5.75 Å². The van der Waals surface area contributed by atoms with E-state index < -0.39 is 11.4 Å². The highest BCUT2D eigenvalue weighted by Crippen LogP contribution is 2.21. The quantitative estimate of drug-likeness (QED) is 0.768. The van der Waals surface area contributed by atoms with Crippen molar-refractivity contribution in [1.82, 2.24) is 5.32 Å². The summed E-state index contributed by atoms with van der Waals surface area (Å²) in [6.45, 7) is 6.29. The number of aliphatic carboxylic acids is 1. The molecule has 0 radical (unpaired) electrons. The maximum Gasteiger partial charge on any atom is 0.309 e. The Morgan fingerprint density at radius 3 is 2.65 bits per heavy atom. The summed E-state index contributed by atoms with van der Waals surface area (Å²) in [5.74, 6) is 0.142. The number of para-hydroxylation sites is 1. The molecule has 0 aliphatic carbocycles. The molecule has 1 aromatic rings. The van der Waals surface area contributed by atoms with Crippen LogP contribution in [0.15, 0.2) is 24.3 Å². The smallest absolute Gasteiger partial charge is 0.309 e. The summed E-state index contributed by atoms with van der Waals surface area (Å²) in [5, 5.41) is 12.4. The summed E-state index contributed by atoms with van der Waals surface area (Å²) in [4.78, 5) is 11.0. The summed E-state index contributed by atoms with van der Waals surface area (Å²) < 4.78 is 5.33. The second kappa shape index (κ2) is 7.29. The average Bonchev–Trinajstić information content (AvgIpc) is 2.39. The van der Waals surface area contributed by atoms with Crippen molar-refractivity contribution in [2.45, 2.75) is 39.7 Å². The van der Waals surface area contributed by atoms with E-state index in [2.05, 4.69) is 18.3 Å². The molecule has 0 saturated carbocycles. The maximum atomic E-state index is 11.0. The van der Waals surface area contributed by atoms with E-state index in [1.165, 1.54) is 0 Å². The van der Waals surface area contributed by atoms with Crippen LogP contribution in [0, 0.1) is 5.41 Å². The third-order valence-electron chi connectivity index (χ3n) is 3.54. The standard InChI is InChI=1S/C16H25NO3/c1-12(17-10-9-16(2,3)15(18)19)11-13-7-5-6-8-14(13)20-4/h5-8,12,17H,9-11H2,1-4H3,(H,18,19). The Balaban J connectivity index is 2.44. The summed E-state index contributed by atoms with van der Waals surface area (Å²) >= 11 is 0. The molecule has 0 bridgehead atoms. The molecule has 1 unspecified atom stereocenters. The molecule has 20 heavy (non-hydrogen) atoms. The van der Waals surface area contributed by atoms with E-state index in [0.29, 0.717) is 13.0 Å². The normalized spacial score (nSPS) is 13.0. The molecular formula is C16H25NO3. The van der Waals surface area contributed by atoms with Crippen molar-refractivity contribution in [3.8, 4) is 5.75 Å². The number of carboxylic acid groups (broad SMARTS) is 1. The van der Waals surface area contributed by atoms with Gasteiger partial charge in [-0.15, -0.1) is 0 Å². The Kier molecular flexibility index (Phi) is 6.02. The molecule has 0 aromatic heterocycles. The minimum atomic E-state index is -0.753. The number of ether oxygens (including phenoxy) is 1. The topological polar surface area (TPSA) is 58.6 Å². The lowest BCUT2D eigenvalue weighted by molar-refractivity contribution is -0.147. The van der Waals surface area contributed by atoms with Crippen molar-refractivity contribution < 1.29 is 14.6 Å². The Morgan fingerprint density at radius 2 is 2.05 bits per heavy atom. The minimum absolute atomic E-state index is 0.274. The molecule has 0 aliphatic heterocycles. The Labute approximate surface area is 121 Å². The fourth-order valence-electron chi connectivity index (χ4n) is 2.01. The van der Waals surface area contributed by atoms with Gasteiger partial charge in [0.05, 0.1) is 12.5 Å². The van der Waals surface area contributed by atoms with Gasteiger partial charge >= 0.3 is 5.97 Å². The highest BCUT2D eigenvalue weighted by Gasteiger charge is 2.26. The summed E-state index contributed by atoms with van der Waals surface area (Å²) in [7, 11) is 1.67. The first-order valence-corrected chi connectivity index (χ1v) is 6.95. The first-order chi connectivity index (χ1) is 9.36. The number of rotatable bonds is 8. The fourth-order valence-corrected chi connectivity index (χ4v) is 2.01. The maximum absolute atomic E-state index is 11.0. The zero-order valence-corrected chi connectivity index (χ0v) is 12.8.